The van der Waals surface area contributed by atoms with Gasteiger partial charge in [0.25, 0.3) is 0 Å². The van der Waals surface area contributed by atoms with Crippen LogP contribution in [0.15, 0.2) is 12.1 Å². The van der Waals surface area contributed by atoms with Crippen molar-refractivity contribution in [1.29, 1.82) is 0 Å². The molecule has 1 aromatic carbocycles. The first-order chi connectivity index (χ1) is 8.27. The van der Waals surface area contributed by atoms with Gasteiger partial charge in [0.1, 0.15) is 6.61 Å². The van der Waals surface area contributed by atoms with Gasteiger partial charge in [0, 0.05) is 5.56 Å². The van der Waals surface area contributed by atoms with E-state index in [1.165, 1.54) is 43.2 Å². The van der Waals surface area contributed by atoms with E-state index in [4.69, 9.17) is 4.74 Å². The highest BCUT2D eigenvalue weighted by Gasteiger charge is 2.26. The van der Waals surface area contributed by atoms with Crippen LogP contribution in [0.4, 0.5) is 0 Å². The van der Waals surface area contributed by atoms with Gasteiger partial charge in [-0.25, -0.2) is 4.79 Å². The van der Waals surface area contributed by atoms with Crippen molar-refractivity contribution >= 4 is 5.97 Å². The Morgan fingerprint density at radius 2 is 1.94 bits per heavy atom. The molecule has 0 spiro atoms. The number of fused-ring (bicyclic) bond motifs is 1. The van der Waals surface area contributed by atoms with E-state index in [0.717, 1.165) is 11.1 Å². The second-order valence-electron chi connectivity index (χ2n) is 5.22. The van der Waals surface area contributed by atoms with Crippen LogP contribution in [0.5, 0.6) is 0 Å². The molecule has 0 bridgehead atoms. The maximum Gasteiger partial charge on any atom is 0.338 e. The minimum absolute atomic E-state index is 0.154. The second-order valence-corrected chi connectivity index (χ2v) is 5.22. The highest BCUT2D eigenvalue weighted by atomic mass is 16.5. The number of rotatable bonds is 1. The summed E-state index contributed by atoms with van der Waals surface area (Å²) in [5, 5.41) is 0. The number of esters is 1. The summed E-state index contributed by atoms with van der Waals surface area (Å²) in [6.45, 7) is 2.62. The lowest BCUT2D eigenvalue weighted by Crippen LogP contribution is -2.08. The molecule has 1 heterocycles. The molecule has 0 saturated heterocycles. The van der Waals surface area contributed by atoms with Gasteiger partial charge in [-0.1, -0.05) is 25.3 Å². The third-order valence-corrected chi connectivity index (χ3v) is 4.25. The van der Waals surface area contributed by atoms with Crippen molar-refractivity contribution in [2.45, 2.75) is 51.6 Å². The predicted molar refractivity (Wildman–Crippen MR) is 66.1 cm³/mol. The summed E-state index contributed by atoms with van der Waals surface area (Å²) >= 11 is 0. The smallest absolute Gasteiger partial charge is 0.338 e. The summed E-state index contributed by atoms with van der Waals surface area (Å²) in [6.07, 6.45) is 6.66. The topological polar surface area (TPSA) is 26.3 Å². The first kappa shape index (κ1) is 10.8. The van der Waals surface area contributed by atoms with E-state index in [2.05, 4.69) is 13.0 Å². The molecule has 1 saturated carbocycles. The fourth-order valence-electron chi connectivity index (χ4n) is 3.22. The van der Waals surface area contributed by atoms with E-state index in [9.17, 15) is 4.79 Å². The standard InChI is InChI=1S/C15H18O2/c1-10-12(11-5-3-2-4-6-11)7-8-13-14(10)9-17-15(13)16/h7-8,11H,2-6,9H2,1H3. The lowest BCUT2D eigenvalue weighted by atomic mass is 9.81. The van der Waals surface area contributed by atoms with Gasteiger partial charge in [-0.3, -0.25) is 0 Å². The lowest BCUT2D eigenvalue weighted by molar-refractivity contribution is 0.0535. The average Bonchev–Trinajstić information content (AvgIpc) is 2.74. The van der Waals surface area contributed by atoms with E-state index in [1.807, 2.05) is 6.07 Å². The average molecular weight is 230 g/mol. The quantitative estimate of drug-likeness (QED) is 0.687. The minimum atomic E-state index is -0.154. The summed E-state index contributed by atoms with van der Waals surface area (Å²) in [6, 6.07) is 4.11. The Balaban J connectivity index is 1.99. The zero-order valence-electron chi connectivity index (χ0n) is 10.3. The van der Waals surface area contributed by atoms with Crippen LogP contribution in [-0.4, -0.2) is 5.97 Å². The summed E-state index contributed by atoms with van der Waals surface area (Å²) < 4.78 is 5.11. The van der Waals surface area contributed by atoms with E-state index in [0.29, 0.717) is 12.5 Å². The molecule has 0 N–H and O–H groups in total. The van der Waals surface area contributed by atoms with Gasteiger partial charge in [0.2, 0.25) is 0 Å². The van der Waals surface area contributed by atoms with E-state index in [-0.39, 0.29) is 5.97 Å². The van der Waals surface area contributed by atoms with Crippen LogP contribution < -0.4 is 0 Å². The molecule has 0 atom stereocenters. The second kappa shape index (κ2) is 4.17. The molecule has 17 heavy (non-hydrogen) atoms. The van der Waals surface area contributed by atoms with Gasteiger partial charge in [-0.05, 0) is 42.9 Å². The first-order valence-corrected chi connectivity index (χ1v) is 6.57. The molecule has 1 aromatic rings. The van der Waals surface area contributed by atoms with E-state index < -0.39 is 0 Å². The third kappa shape index (κ3) is 1.76. The Hall–Kier alpha value is -1.31. The van der Waals surface area contributed by atoms with Crippen molar-refractivity contribution in [3.05, 3.63) is 34.4 Å². The molecular weight excluding hydrogens is 212 g/mol. The Morgan fingerprint density at radius 3 is 2.71 bits per heavy atom. The Bertz CT molecular complexity index is 456. The molecule has 2 heteroatoms. The van der Waals surface area contributed by atoms with Crippen LogP contribution in [0.25, 0.3) is 0 Å². The summed E-state index contributed by atoms with van der Waals surface area (Å²) in [5.41, 5.74) is 4.64. The SMILES string of the molecule is Cc1c(C2CCCCC2)ccc2c1COC2=O. The predicted octanol–water partition coefficient (Wildman–Crippen LogP) is 3.71. The van der Waals surface area contributed by atoms with Crippen molar-refractivity contribution in [2.75, 3.05) is 0 Å². The molecule has 2 nitrogen and oxygen atoms in total. The van der Waals surface area contributed by atoms with Gasteiger partial charge >= 0.3 is 5.97 Å². The van der Waals surface area contributed by atoms with Crippen molar-refractivity contribution in [3.63, 3.8) is 0 Å². The summed E-state index contributed by atoms with van der Waals surface area (Å²) in [4.78, 5) is 11.5. The number of hydrogen-bond donors (Lipinski definition) is 0. The molecule has 0 radical (unpaired) electrons. The first-order valence-electron chi connectivity index (χ1n) is 6.57. The molecule has 90 valence electrons. The van der Waals surface area contributed by atoms with Crippen molar-refractivity contribution in [2.24, 2.45) is 0 Å². The minimum Gasteiger partial charge on any atom is -0.457 e. The van der Waals surface area contributed by atoms with Crippen LogP contribution >= 0.6 is 0 Å². The highest BCUT2D eigenvalue weighted by Crippen LogP contribution is 2.37. The normalized spacial score (nSPS) is 20.2. The largest absolute Gasteiger partial charge is 0.457 e. The van der Waals surface area contributed by atoms with Gasteiger partial charge in [-0.2, -0.15) is 0 Å². The number of hydrogen-bond acceptors (Lipinski definition) is 2. The highest BCUT2D eigenvalue weighted by molar-refractivity contribution is 5.93. The molecule has 0 amide bonds. The van der Waals surface area contributed by atoms with Crippen LogP contribution in [0.3, 0.4) is 0 Å². The monoisotopic (exact) mass is 230 g/mol. The Kier molecular flexibility index (Phi) is 2.65. The van der Waals surface area contributed by atoms with Crippen LogP contribution in [0.1, 0.15) is 65.1 Å². The molecule has 1 aliphatic heterocycles. The summed E-state index contributed by atoms with van der Waals surface area (Å²) in [7, 11) is 0. The maximum atomic E-state index is 11.5. The van der Waals surface area contributed by atoms with Crippen molar-refractivity contribution in [3.8, 4) is 0 Å². The fourth-order valence-corrected chi connectivity index (χ4v) is 3.22. The van der Waals surface area contributed by atoms with Crippen molar-refractivity contribution < 1.29 is 9.53 Å². The molecule has 1 fully saturated rings. The fraction of sp³-hybridized carbons (Fsp3) is 0.533. The van der Waals surface area contributed by atoms with E-state index in [1.54, 1.807) is 0 Å². The molecule has 0 aromatic heterocycles. The summed E-state index contributed by atoms with van der Waals surface area (Å²) in [5.74, 6) is 0.544. The zero-order valence-corrected chi connectivity index (χ0v) is 10.3. The van der Waals surface area contributed by atoms with Crippen molar-refractivity contribution in [1.82, 2.24) is 0 Å². The third-order valence-electron chi connectivity index (χ3n) is 4.25. The van der Waals surface area contributed by atoms with E-state index >= 15 is 0 Å². The Morgan fingerprint density at radius 1 is 1.18 bits per heavy atom. The Labute approximate surface area is 102 Å². The maximum absolute atomic E-state index is 11.5. The van der Waals surface area contributed by atoms with Gasteiger partial charge < -0.3 is 4.74 Å². The van der Waals surface area contributed by atoms with Crippen LogP contribution in [0.2, 0.25) is 0 Å². The number of carbonyl (C=O) groups is 1. The van der Waals surface area contributed by atoms with Gasteiger partial charge in [0.05, 0.1) is 5.56 Å². The molecule has 0 unspecified atom stereocenters. The molecule has 2 aliphatic rings. The number of carbonyl (C=O) groups excluding carboxylic acids is 1. The number of cyclic esters (lactones) is 1. The number of benzene rings is 1. The van der Waals surface area contributed by atoms with Crippen LogP contribution in [-0.2, 0) is 11.3 Å². The molecule has 1 aliphatic carbocycles. The van der Waals surface area contributed by atoms with Crippen LogP contribution in [0, 0.1) is 6.92 Å². The van der Waals surface area contributed by atoms with Gasteiger partial charge in [-0.15, -0.1) is 0 Å². The molecular formula is C15H18O2. The molecule has 3 rings (SSSR count). The van der Waals surface area contributed by atoms with Gasteiger partial charge in [0.15, 0.2) is 0 Å². The lowest BCUT2D eigenvalue weighted by Gasteiger charge is -2.24. The zero-order chi connectivity index (χ0) is 11.8. The number of ether oxygens (including phenoxy) is 1.